The molecule has 0 radical (unpaired) electrons. The van der Waals surface area contributed by atoms with Crippen LogP contribution in [0.4, 0.5) is 19.1 Å². The van der Waals surface area contributed by atoms with Crippen LogP contribution in [0.15, 0.2) is 54.9 Å². The molecule has 10 nitrogen and oxygen atoms in total. The second-order valence-electron chi connectivity index (χ2n) is 10.5. The molecule has 2 N–H and O–H groups in total. The summed E-state index contributed by atoms with van der Waals surface area (Å²) in [5.41, 5.74) is 0.844. The van der Waals surface area contributed by atoms with Crippen molar-refractivity contribution < 1.29 is 33.3 Å². The first-order chi connectivity index (χ1) is 19.5. The van der Waals surface area contributed by atoms with E-state index in [9.17, 15) is 19.1 Å². The number of amides is 2. The van der Waals surface area contributed by atoms with Crippen LogP contribution in [0.1, 0.15) is 26.3 Å². The molecule has 0 fully saturated rings. The predicted octanol–water partition coefficient (Wildman–Crippen LogP) is 5.89. The molecule has 12 heteroatoms. The number of nitrogens with zero attached hydrogens (tertiary/aromatic N) is 3. The minimum Gasteiger partial charge on any atom is -0.486 e. The van der Waals surface area contributed by atoms with Crippen LogP contribution in [-0.4, -0.2) is 58.7 Å². The van der Waals surface area contributed by atoms with Crippen molar-refractivity contribution in [2.45, 2.75) is 38.8 Å². The van der Waals surface area contributed by atoms with E-state index in [1.54, 1.807) is 39.1 Å². The fraction of sp³-hybridized carbons (Fsp3) is 0.310. The molecule has 0 saturated heterocycles. The molecule has 2 amide bonds. The number of carbonyl (C=O) groups is 2. The third-order valence-corrected chi connectivity index (χ3v) is 7.21. The Bertz CT molecular complexity index is 1590. The highest BCUT2D eigenvalue weighted by Crippen LogP contribution is 2.34. The largest absolute Gasteiger partial charge is 0.486 e. The third kappa shape index (κ3) is 7.01. The van der Waals surface area contributed by atoms with E-state index in [4.69, 9.17) is 14.2 Å². The first-order valence-corrected chi connectivity index (χ1v) is 13.8. The maximum Gasteiger partial charge on any atom is 0.413 e. The molecule has 41 heavy (non-hydrogen) atoms. The Hall–Kier alpha value is -4.45. The highest BCUT2D eigenvalue weighted by Gasteiger charge is 2.27. The zero-order chi connectivity index (χ0) is 29.1. The number of carboxylic acid groups (broad SMARTS) is 1. The summed E-state index contributed by atoms with van der Waals surface area (Å²) in [4.78, 5) is 35.0. The first kappa shape index (κ1) is 28.1. The fourth-order valence-electron chi connectivity index (χ4n) is 4.38. The van der Waals surface area contributed by atoms with Crippen molar-refractivity contribution in [2.75, 3.05) is 24.7 Å². The standard InChI is InChI=1S/C29H29FN4O6S/c1-29(2,3)40-27(35)33-21(10-17-4-7-22-23(11-17)39-9-8-38-22)16-34(28(36)37)26-32-15-24(41-26)18-5-6-19-14-31-25(30)13-20(19)12-18/h4-7,11-15,21H,8-10,16H2,1-3H3,(H,33,35)(H,36,37)/t21-/m0/s1. The van der Waals surface area contributed by atoms with Crippen LogP contribution in [0.2, 0.25) is 0 Å². The van der Waals surface area contributed by atoms with E-state index >= 15 is 0 Å². The summed E-state index contributed by atoms with van der Waals surface area (Å²) in [6, 6.07) is 11.6. The van der Waals surface area contributed by atoms with Crippen molar-refractivity contribution in [1.29, 1.82) is 0 Å². The van der Waals surface area contributed by atoms with E-state index in [0.29, 0.717) is 41.4 Å². The second kappa shape index (κ2) is 11.6. The Morgan fingerprint density at radius 3 is 2.61 bits per heavy atom. The molecule has 0 saturated carbocycles. The van der Waals surface area contributed by atoms with Gasteiger partial charge in [-0.1, -0.05) is 29.5 Å². The topological polar surface area (TPSA) is 123 Å². The van der Waals surface area contributed by atoms with Crippen LogP contribution in [0.3, 0.4) is 0 Å². The number of carbonyl (C=O) groups excluding carboxylic acids is 1. The predicted molar refractivity (Wildman–Crippen MR) is 152 cm³/mol. The maximum absolute atomic E-state index is 13.7. The lowest BCUT2D eigenvalue weighted by atomic mass is 10.0. The number of ether oxygens (including phenoxy) is 3. The van der Waals surface area contributed by atoms with Crippen LogP contribution < -0.4 is 19.7 Å². The number of fused-ring (bicyclic) bond motifs is 2. The van der Waals surface area contributed by atoms with Gasteiger partial charge in [0.2, 0.25) is 5.95 Å². The van der Waals surface area contributed by atoms with Crippen LogP contribution in [0, 0.1) is 5.95 Å². The SMILES string of the molecule is CC(C)(C)OC(=O)N[C@@H](Cc1ccc2c(c1)OCCO2)CN(C(=O)O)c1ncc(-c2ccc3cnc(F)cc3c2)s1. The van der Waals surface area contributed by atoms with E-state index in [0.717, 1.165) is 21.4 Å². The molecule has 1 atom stereocenters. The minimum atomic E-state index is -1.23. The van der Waals surface area contributed by atoms with Gasteiger partial charge < -0.3 is 24.6 Å². The molecule has 214 valence electrons. The van der Waals surface area contributed by atoms with Gasteiger partial charge in [0.1, 0.15) is 18.8 Å². The normalized spacial score (nSPS) is 13.5. The van der Waals surface area contributed by atoms with Gasteiger partial charge in [-0.2, -0.15) is 4.39 Å². The third-order valence-electron chi connectivity index (χ3n) is 6.14. The molecule has 0 unspecified atom stereocenters. The lowest BCUT2D eigenvalue weighted by molar-refractivity contribution is 0.0505. The zero-order valence-electron chi connectivity index (χ0n) is 22.7. The van der Waals surface area contributed by atoms with Gasteiger partial charge in [0, 0.05) is 23.8 Å². The lowest BCUT2D eigenvalue weighted by Crippen LogP contribution is -2.48. The van der Waals surface area contributed by atoms with Crippen molar-refractivity contribution in [3.8, 4) is 21.9 Å². The zero-order valence-corrected chi connectivity index (χ0v) is 23.5. The summed E-state index contributed by atoms with van der Waals surface area (Å²) in [6.45, 7) is 6.05. The number of benzene rings is 2. The molecular formula is C29H29FN4O6S. The Kier molecular flexibility index (Phi) is 7.93. The van der Waals surface area contributed by atoms with Crippen LogP contribution in [0.5, 0.6) is 11.5 Å². The van der Waals surface area contributed by atoms with Gasteiger partial charge in [0.05, 0.1) is 17.5 Å². The summed E-state index contributed by atoms with van der Waals surface area (Å²) in [5, 5.41) is 14.6. The smallest absolute Gasteiger partial charge is 0.413 e. The number of thiazole rings is 1. The summed E-state index contributed by atoms with van der Waals surface area (Å²) in [5.74, 6) is 0.639. The van der Waals surface area contributed by atoms with Crippen molar-refractivity contribution in [1.82, 2.24) is 15.3 Å². The average Bonchev–Trinajstić information content (AvgIpc) is 3.40. The van der Waals surface area contributed by atoms with Crippen molar-refractivity contribution in [3.63, 3.8) is 0 Å². The van der Waals surface area contributed by atoms with Crippen LogP contribution in [0.25, 0.3) is 21.2 Å². The number of anilines is 1. The van der Waals surface area contributed by atoms with Gasteiger partial charge in [0.25, 0.3) is 0 Å². The van der Waals surface area contributed by atoms with Crippen LogP contribution >= 0.6 is 11.3 Å². The number of rotatable bonds is 7. The molecule has 3 heterocycles. The Morgan fingerprint density at radius 1 is 1.07 bits per heavy atom. The molecule has 4 aromatic rings. The minimum absolute atomic E-state index is 0.0927. The highest BCUT2D eigenvalue weighted by molar-refractivity contribution is 7.19. The van der Waals surface area contributed by atoms with Gasteiger partial charge in [-0.3, -0.25) is 4.90 Å². The van der Waals surface area contributed by atoms with Crippen molar-refractivity contribution >= 4 is 39.4 Å². The first-order valence-electron chi connectivity index (χ1n) is 12.9. The maximum atomic E-state index is 13.7. The van der Waals surface area contributed by atoms with Gasteiger partial charge in [-0.05, 0) is 61.9 Å². The fourth-order valence-corrected chi connectivity index (χ4v) is 5.30. The quantitative estimate of drug-likeness (QED) is 0.260. The number of nitrogens with one attached hydrogen (secondary N) is 1. The molecule has 1 aliphatic rings. The Balaban J connectivity index is 1.40. The highest BCUT2D eigenvalue weighted by atomic mass is 32.1. The van der Waals surface area contributed by atoms with Gasteiger partial charge in [0.15, 0.2) is 16.6 Å². The number of hydrogen-bond acceptors (Lipinski definition) is 8. The van der Waals surface area contributed by atoms with Crippen molar-refractivity contribution in [3.05, 3.63) is 66.4 Å². The van der Waals surface area contributed by atoms with E-state index in [1.165, 1.54) is 23.6 Å². The molecule has 0 bridgehead atoms. The molecule has 2 aromatic carbocycles. The number of pyridine rings is 1. The van der Waals surface area contributed by atoms with E-state index in [-0.39, 0.29) is 11.7 Å². The second-order valence-corrected chi connectivity index (χ2v) is 11.5. The van der Waals surface area contributed by atoms with Gasteiger partial charge in [-0.25, -0.2) is 19.6 Å². The number of halogens is 1. The Labute approximate surface area is 239 Å². The van der Waals surface area contributed by atoms with E-state index in [1.807, 2.05) is 24.3 Å². The van der Waals surface area contributed by atoms with Gasteiger partial charge in [-0.15, -0.1) is 0 Å². The van der Waals surface area contributed by atoms with Crippen LogP contribution in [-0.2, 0) is 11.2 Å². The summed E-state index contributed by atoms with van der Waals surface area (Å²) >= 11 is 1.18. The van der Waals surface area contributed by atoms with E-state index in [2.05, 4.69) is 15.3 Å². The monoisotopic (exact) mass is 580 g/mol. The number of alkyl carbamates (subject to hydrolysis) is 1. The summed E-state index contributed by atoms with van der Waals surface area (Å²) < 4.78 is 30.4. The number of hydrogen-bond donors (Lipinski definition) is 2. The molecule has 2 aromatic heterocycles. The van der Waals surface area contributed by atoms with E-state index < -0.39 is 29.8 Å². The molecule has 1 aliphatic heterocycles. The summed E-state index contributed by atoms with van der Waals surface area (Å²) in [6.07, 6.45) is 1.44. The molecule has 0 spiro atoms. The lowest BCUT2D eigenvalue weighted by Gasteiger charge is -2.27. The average molecular weight is 581 g/mol. The molecular weight excluding hydrogens is 551 g/mol. The Morgan fingerprint density at radius 2 is 1.85 bits per heavy atom. The van der Waals surface area contributed by atoms with Gasteiger partial charge >= 0.3 is 12.2 Å². The van der Waals surface area contributed by atoms with Crippen molar-refractivity contribution in [2.24, 2.45) is 0 Å². The molecule has 0 aliphatic carbocycles. The number of aromatic nitrogens is 2. The molecule has 5 rings (SSSR count). The summed E-state index contributed by atoms with van der Waals surface area (Å²) in [7, 11) is 0.